The molecule has 0 spiro atoms. The van der Waals surface area contributed by atoms with Gasteiger partial charge in [0.1, 0.15) is 10.6 Å². The average Bonchev–Trinajstić information content (AvgIpc) is 3.12. The Morgan fingerprint density at radius 3 is 2.40 bits per heavy atom. The molecule has 8 heteroatoms. The monoisotopic (exact) mass is 515 g/mol. The molecule has 0 radical (unpaired) electrons. The third-order valence-corrected chi connectivity index (χ3v) is 9.10. The molecule has 4 saturated carbocycles. The smallest absolute Gasteiger partial charge is 0.341 e. The maximum Gasteiger partial charge on any atom is 0.341 e. The largest absolute Gasteiger partial charge is 0.462 e. The second kappa shape index (κ2) is 9.25. The first-order chi connectivity index (χ1) is 16.7. The Kier molecular flexibility index (Phi) is 6.43. The number of benzene rings is 1. The fraction of sp³-hybridized carbons (Fsp3) is 0.519. The van der Waals surface area contributed by atoms with E-state index < -0.39 is 23.9 Å². The van der Waals surface area contributed by atoms with Gasteiger partial charge >= 0.3 is 11.9 Å². The van der Waals surface area contributed by atoms with Gasteiger partial charge in [-0.2, -0.15) is 0 Å². The number of hydrogen-bond donors (Lipinski definition) is 1. The Morgan fingerprint density at radius 2 is 1.77 bits per heavy atom. The van der Waals surface area contributed by atoms with E-state index in [0.29, 0.717) is 28.8 Å². The molecule has 6 rings (SSSR count). The Morgan fingerprint density at radius 1 is 1.09 bits per heavy atom. The van der Waals surface area contributed by atoms with Crippen molar-refractivity contribution < 1.29 is 23.9 Å². The molecule has 2 aromatic rings. The molecule has 0 saturated heterocycles. The van der Waals surface area contributed by atoms with E-state index in [4.69, 9.17) is 21.1 Å². The molecule has 4 aliphatic carbocycles. The van der Waals surface area contributed by atoms with Crippen molar-refractivity contribution in [2.75, 3.05) is 18.5 Å². The molecule has 35 heavy (non-hydrogen) atoms. The van der Waals surface area contributed by atoms with E-state index in [2.05, 4.69) is 5.32 Å². The molecule has 1 aromatic heterocycles. The minimum atomic E-state index is -0.567. The van der Waals surface area contributed by atoms with Crippen LogP contribution < -0.4 is 5.32 Å². The fourth-order valence-electron chi connectivity index (χ4n) is 6.82. The highest BCUT2D eigenvalue weighted by Crippen LogP contribution is 2.64. The van der Waals surface area contributed by atoms with E-state index in [1.165, 1.54) is 11.3 Å². The summed E-state index contributed by atoms with van der Waals surface area (Å²) in [6, 6.07) is 9.53. The summed E-state index contributed by atoms with van der Waals surface area (Å²) in [5, 5.41) is 3.19. The molecule has 1 aromatic carbocycles. The predicted octanol–water partition coefficient (Wildman–Crippen LogP) is 5.96. The predicted molar refractivity (Wildman–Crippen MR) is 136 cm³/mol. The van der Waals surface area contributed by atoms with Crippen LogP contribution in [0.15, 0.2) is 30.3 Å². The highest BCUT2D eigenvalue weighted by atomic mass is 35.5. The van der Waals surface area contributed by atoms with Crippen LogP contribution in [0, 0.1) is 24.2 Å². The fourth-order valence-corrected chi connectivity index (χ4v) is 8.59. The standard InChI is InChI=1S/C27H30ClNO5S/c1-3-33-24(31)22-21(19-7-5-4-6-8-19)16(2)35-23(22)29-20(30)14-34-25(32)26-10-17-9-18(11-26)13-27(28,12-17)15-26/h4-8,17-18H,3,9-15H2,1-2H3,(H,29,30)/t17-,18-,26?,27?/m1/s1. The van der Waals surface area contributed by atoms with Crippen molar-refractivity contribution >= 4 is 45.8 Å². The van der Waals surface area contributed by atoms with Gasteiger partial charge in [-0.25, -0.2) is 4.79 Å². The Balaban J connectivity index is 1.30. The van der Waals surface area contributed by atoms with Crippen LogP contribution in [0.3, 0.4) is 0 Å². The van der Waals surface area contributed by atoms with E-state index in [0.717, 1.165) is 48.1 Å². The number of alkyl halides is 1. The molecule has 1 N–H and O–H groups in total. The maximum atomic E-state index is 13.2. The number of rotatable bonds is 7. The number of nitrogens with one attached hydrogen (secondary N) is 1. The summed E-state index contributed by atoms with van der Waals surface area (Å²) in [5.74, 6) is -0.357. The van der Waals surface area contributed by atoms with Crippen LogP contribution in [0.25, 0.3) is 11.1 Å². The molecule has 6 nitrogen and oxygen atoms in total. The molecule has 0 unspecified atom stereocenters. The summed E-state index contributed by atoms with van der Waals surface area (Å²) in [5.41, 5.74) is 1.36. The van der Waals surface area contributed by atoms with Crippen molar-refractivity contribution in [1.82, 2.24) is 0 Å². The highest BCUT2D eigenvalue weighted by Gasteiger charge is 2.60. The van der Waals surface area contributed by atoms with Gasteiger partial charge in [-0.3, -0.25) is 9.59 Å². The lowest BCUT2D eigenvalue weighted by molar-refractivity contribution is -0.171. The Labute approximate surface area is 214 Å². The highest BCUT2D eigenvalue weighted by molar-refractivity contribution is 7.17. The topological polar surface area (TPSA) is 81.7 Å². The zero-order chi connectivity index (χ0) is 24.8. The number of anilines is 1. The molecular formula is C27H30ClNO5S. The van der Waals surface area contributed by atoms with Gasteiger partial charge in [-0.1, -0.05) is 30.3 Å². The number of esters is 2. The quantitative estimate of drug-likeness (QED) is 0.363. The van der Waals surface area contributed by atoms with Crippen LogP contribution in [-0.4, -0.2) is 35.9 Å². The zero-order valence-corrected chi connectivity index (χ0v) is 21.6. The first-order valence-electron chi connectivity index (χ1n) is 12.2. The van der Waals surface area contributed by atoms with Crippen LogP contribution in [0.2, 0.25) is 0 Å². The molecule has 186 valence electrons. The van der Waals surface area contributed by atoms with Gasteiger partial charge in [-0.05, 0) is 69.8 Å². The van der Waals surface area contributed by atoms with Crippen LogP contribution in [0.5, 0.6) is 0 Å². The second-order valence-corrected chi connectivity index (χ2v) is 12.4. The maximum absolute atomic E-state index is 13.2. The molecule has 4 aliphatic rings. The van der Waals surface area contributed by atoms with Crippen molar-refractivity contribution in [3.8, 4) is 11.1 Å². The van der Waals surface area contributed by atoms with Gasteiger partial charge in [0, 0.05) is 15.3 Å². The number of carbonyl (C=O) groups is 3. The average molecular weight is 516 g/mol. The van der Waals surface area contributed by atoms with E-state index in [9.17, 15) is 14.4 Å². The minimum absolute atomic E-state index is 0.221. The summed E-state index contributed by atoms with van der Waals surface area (Å²) in [6.07, 6.45) is 5.32. The number of hydrogen-bond acceptors (Lipinski definition) is 6. The summed E-state index contributed by atoms with van der Waals surface area (Å²) in [6.45, 7) is 3.47. The van der Waals surface area contributed by atoms with E-state index >= 15 is 0 Å². The third kappa shape index (κ3) is 4.60. The van der Waals surface area contributed by atoms with Crippen molar-refractivity contribution in [1.29, 1.82) is 0 Å². The number of ether oxygens (including phenoxy) is 2. The van der Waals surface area contributed by atoms with Gasteiger partial charge in [0.05, 0.1) is 12.0 Å². The first-order valence-corrected chi connectivity index (χ1v) is 13.4. The molecule has 4 bridgehead atoms. The summed E-state index contributed by atoms with van der Waals surface area (Å²) in [7, 11) is 0. The lowest BCUT2D eigenvalue weighted by atomic mass is 9.49. The second-order valence-electron chi connectivity index (χ2n) is 10.3. The molecule has 1 heterocycles. The van der Waals surface area contributed by atoms with Crippen molar-refractivity contribution in [3.05, 3.63) is 40.8 Å². The van der Waals surface area contributed by atoms with Crippen molar-refractivity contribution in [3.63, 3.8) is 0 Å². The SMILES string of the molecule is CCOC(=O)c1c(NC(=O)COC(=O)C23C[C@H]4C[C@@H](CC(Cl)(C4)C2)C3)sc(C)c1-c1ccccc1. The van der Waals surface area contributed by atoms with Crippen LogP contribution >= 0.6 is 22.9 Å². The van der Waals surface area contributed by atoms with Crippen molar-refractivity contribution in [2.45, 2.75) is 57.2 Å². The molecular weight excluding hydrogens is 486 g/mol. The van der Waals surface area contributed by atoms with Gasteiger partial charge in [-0.15, -0.1) is 22.9 Å². The zero-order valence-electron chi connectivity index (χ0n) is 20.0. The number of aryl methyl sites for hydroxylation is 1. The Hall–Kier alpha value is -2.38. The molecule has 4 fully saturated rings. The van der Waals surface area contributed by atoms with Gasteiger partial charge < -0.3 is 14.8 Å². The molecule has 1 amide bonds. The lowest BCUT2D eigenvalue weighted by Gasteiger charge is -2.58. The summed E-state index contributed by atoms with van der Waals surface area (Å²) < 4.78 is 10.8. The number of thiophene rings is 1. The molecule has 2 atom stereocenters. The summed E-state index contributed by atoms with van der Waals surface area (Å²) in [4.78, 5) is 39.4. The number of carbonyl (C=O) groups excluding carboxylic acids is 3. The van der Waals surface area contributed by atoms with Gasteiger partial charge in [0.2, 0.25) is 0 Å². The first kappa shape index (κ1) is 24.3. The van der Waals surface area contributed by atoms with E-state index in [1.807, 2.05) is 37.3 Å². The van der Waals surface area contributed by atoms with Crippen LogP contribution in [-0.2, 0) is 19.1 Å². The van der Waals surface area contributed by atoms with Gasteiger partial charge in [0.15, 0.2) is 6.61 Å². The number of halogens is 1. The third-order valence-electron chi connectivity index (χ3n) is 7.64. The number of amides is 1. The lowest BCUT2D eigenvalue weighted by Crippen LogP contribution is -2.56. The normalized spacial score (nSPS) is 28.5. The minimum Gasteiger partial charge on any atom is -0.462 e. The summed E-state index contributed by atoms with van der Waals surface area (Å²) >= 11 is 8.15. The van der Waals surface area contributed by atoms with Crippen LogP contribution in [0.1, 0.15) is 60.7 Å². The van der Waals surface area contributed by atoms with Gasteiger partial charge in [0.25, 0.3) is 5.91 Å². The van der Waals surface area contributed by atoms with Crippen molar-refractivity contribution in [2.24, 2.45) is 17.3 Å². The Bertz CT molecular complexity index is 1150. The molecule has 0 aliphatic heterocycles. The van der Waals surface area contributed by atoms with Crippen LogP contribution in [0.4, 0.5) is 5.00 Å². The van der Waals surface area contributed by atoms with E-state index in [1.54, 1.807) is 6.92 Å². The van der Waals surface area contributed by atoms with E-state index in [-0.39, 0.29) is 17.5 Å².